The Morgan fingerprint density at radius 3 is 3.00 bits per heavy atom. The van der Waals surface area contributed by atoms with Gasteiger partial charge in [0.05, 0.1) is 0 Å². The number of nitrogens with zero attached hydrogens (tertiary/aromatic N) is 4. The largest absolute Gasteiger partial charge is 0.338 e. The number of hydrogen-bond acceptors (Lipinski definition) is 5. The van der Waals surface area contributed by atoms with Gasteiger partial charge >= 0.3 is 0 Å². The fraction of sp³-hybridized carbons (Fsp3) is 0.846. The lowest BCUT2D eigenvalue weighted by Gasteiger charge is -2.46. The molecule has 0 aromatic heterocycles. The molecule has 2 atom stereocenters. The van der Waals surface area contributed by atoms with E-state index in [0.29, 0.717) is 12.0 Å². The molecule has 3 rings (SSSR count). The van der Waals surface area contributed by atoms with E-state index in [9.17, 15) is 0 Å². The van der Waals surface area contributed by atoms with Gasteiger partial charge in [-0.3, -0.25) is 9.89 Å². The van der Waals surface area contributed by atoms with Gasteiger partial charge in [-0.1, -0.05) is 0 Å². The first-order valence-corrected chi connectivity index (χ1v) is 7.13. The van der Waals surface area contributed by atoms with Crippen LogP contribution in [0.5, 0.6) is 0 Å². The molecule has 0 spiro atoms. The van der Waals surface area contributed by atoms with E-state index < -0.39 is 0 Å². The number of rotatable bonds is 1. The zero-order valence-electron chi connectivity index (χ0n) is 11.0. The third-order valence-electron chi connectivity index (χ3n) is 4.34. The molecule has 0 aromatic carbocycles. The van der Waals surface area contributed by atoms with Crippen LogP contribution in [0.2, 0.25) is 0 Å². The average Bonchev–Trinajstić information content (AvgIpc) is 2.47. The maximum atomic E-state index is 5.79. The molecule has 3 heterocycles. The molecule has 2 fully saturated rings. The zero-order valence-corrected chi connectivity index (χ0v) is 11.0. The van der Waals surface area contributed by atoms with Crippen molar-refractivity contribution in [3.05, 3.63) is 0 Å². The minimum Gasteiger partial charge on any atom is -0.338 e. The van der Waals surface area contributed by atoms with Gasteiger partial charge in [-0.05, 0) is 25.3 Å². The molecule has 0 aromatic rings. The van der Waals surface area contributed by atoms with E-state index in [0.717, 1.165) is 45.1 Å². The quantitative estimate of drug-likeness (QED) is 0.721. The molecule has 2 unspecified atom stereocenters. The first-order valence-electron chi connectivity index (χ1n) is 7.13. The molecule has 2 saturated heterocycles. The van der Waals surface area contributed by atoms with Crippen molar-refractivity contribution >= 4 is 12.2 Å². The van der Waals surface area contributed by atoms with Gasteiger partial charge in [0.25, 0.3) is 0 Å². The van der Waals surface area contributed by atoms with Gasteiger partial charge in [-0.15, -0.1) is 0 Å². The highest BCUT2D eigenvalue weighted by Gasteiger charge is 2.33. The highest BCUT2D eigenvalue weighted by molar-refractivity contribution is 5.89. The van der Waals surface area contributed by atoms with Crippen molar-refractivity contribution in [2.45, 2.75) is 25.3 Å². The maximum Gasteiger partial charge on any atom is 0.220 e. The molecule has 0 radical (unpaired) electrons. The maximum absolute atomic E-state index is 5.79. The zero-order chi connectivity index (χ0) is 12.4. The monoisotopic (exact) mass is 249 g/mol. The molecule has 5 nitrogen and oxygen atoms in total. The Bertz CT molecular complexity index is 351. The molecule has 3 aliphatic heterocycles. The molecule has 3 aliphatic rings. The summed E-state index contributed by atoms with van der Waals surface area (Å²) in [6, 6.07) is 0.682. The van der Waals surface area contributed by atoms with Gasteiger partial charge in [-0.25, -0.2) is 4.99 Å². The molecule has 0 aliphatic carbocycles. The summed E-state index contributed by atoms with van der Waals surface area (Å²) < 4.78 is 0. The Kier molecular flexibility index (Phi) is 3.61. The van der Waals surface area contributed by atoms with Crippen LogP contribution in [-0.2, 0) is 0 Å². The molecular weight excluding hydrogens is 226 g/mol. The van der Waals surface area contributed by atoms with Gasteiger partial charge in [0.2, 0.25) is 5.96 Å². The number of nitrogens with two attached hydrogens (primary N) is 1. The highest BCUT2D eigenvalue weighted by Crippen LogP contribution is 2.25. The van der Waals surface area contributed by atoms with Gasteiger partial charge < -0.3 is 10.6 Å². The number of fused-ring (bicyclic) bond motifs is 1. The summed E-state index contributed by atoms with van der Waals surface area (Å²) in [4.78, 5) is 13.9. The first kappa shape index (κ1) is 12.1. The van der Waals surface area contributed by atoms with E-state index in [1.165, 1.54) is 19.4 Å². The lowest BCUT2D eigenvalue weighted by Crippen LogP contribution is -2.58. The van der Waals surface area contributed by atoms with Crippen molar-refractivity contribution in [3.63, 3.8) is 0 Å². The SMILES string of the molecule is NCC1CCC2CN(C3=NCCC=N3)CCN2C1. The number of piperazine rings is 1. The lowest BCUT2D eigenvalue weighted by atomic mass is 9.91. The van der Waals surface area contributed by atoms with Crippen LogP contribution in [0, 0.1) is 5.92 Å². The third-order valence-corrected chi connectivity index (χ3v) is 4.34. The molecule has 0 amide bonds. The lowest BCUT2D eigenvalue weighted by molar-refractivity contribution is 0.0547. The normalized spacial score (nSPS) is 33.2. The van der Waals surface area contributed by atoms with E-state index in [-0.39, 0.29) is 0 Å². The number of piperidine rings is 1. The summed E-state index contributed by atoms with van der Waals surface area (Å²) in [5.41, 5.74) is 5.79. The van der Waals surface area contributed by atoms with Gasteiger partial charge in [-0.2, -0.15) is 0 Å². The fourth-order valence-corrected chi connectivity index (χ4v) is 3.22. The van der Waals surface area contributed by atoms with Crippen molar-refractivity contribution in [1.82, 2.24) is 9.80 Å². The summed E-state index contributed by atoms with van der Waals surface area (Å²) in [7, 11) is 0. The topological polar surface area (TPSA) is 57.2 Å². The molecular formula is C13H23N5. The van der Waals surface area contributed by atoms with Gasteiger partial charge in [0.1, 0.15) is 0 Å². The molecule has 2 N–H and O–H groups in total. The van der Waals surface area contributed by atoms with E-state index in [2.05, 4.69) is 19.8 Å². The minimum absolute atomic E-state index is 0.682. The Morgan fingerprint density at radius 1 is 1.28 bits per heavy atom. The summed E-state index contributed by atoms with van der Waals surface area (Å²) in [5, 5.41) is 0. The highest BCUT2D eigenvalue weighted by atomic mass is 15.3. The van der Waals surface area contributed by atoms with Crippen molar-refractivity contribution in [3.8, 4) is 0 Å². The van der Waals surface area contributed by atoms with E-state index in [1.807, 2.05) is 6.21 Å². The predicted molar refractivity (Wildman–Crippen MR) is 74.1 cm³/mol. The number of aliphatic imine (C=N–C) groups is 2. The Morgan fingerprint density at radius 2 is 2.22 bits per heavy atom. The minimum atomic E-state index is 0.682. The number of hydrogen-bond donors (Lipinski definition) is 1. The molecule has 100 valence electrons. The Labute approximate surface area is 109 Å². The smallest absolute Gasteiger partial charge is 0.220 e. The van der Waals surface area contributed by atoms with Crippen molar-refractivity contribution in [2.75, 3.05) is 39.3 Å². The van der Waals surface area contributed by atoms with Crippen molar-refractivity contribution in [2.24, 2.45) is 21.6 Å². The van der Waals surface area contributed by atoms with Crippen LogP contribution in [0.4, 0.5) is 0 Å². The second-order valence-electron chi connectivity index (χ2n) is 5.56. The summed E-state index contributed by atoms with van der Waals surface area (Å²) in [6.07, 6.45) is 5.54. The van der Waals surface area contributed by atoms with E-state index >= 15 is 0 Å². The van der Waals surface area contributed by atoms with Crippen LogP contribution < -0.4 is 5.73 Å². The summed E-state index contributed by atoms with van der Waals surface area (Å²) in [6.45, 7) is 6.21. The Balaban J connectivity index is 1.61. The molecule has 18 heavy (non-hydrogen) atoms. The molecule has 0 saturated carbocycles. The second-order valence-corrected chi connectivity index (χ2v) is 5.56. The van der Waals surface area contributed by atoms with Crippen LogP contribution in [0.25, 0.3) is 0 Å². The van der Waals surface area contributed by atoms with Gasteiger partial charge in [0, 0.05) is 51.4 Å². The molecule has 5 heteroatoms. The summed E-state index contributed by atoms with van der Waals surface area (Å²) >= 11 is 0. The van der Waals surface area contributed by atoms with Crippen molar-refractivity contribution in [1.29, 1.82) is 0 Å². The molecule has 0 bridgehead atoms. The summed E-state index contributed by atoms with van der Waals surface area (Å²) in [5.74, 6) is 1.67. The van der Waals surface area contributed by atoms with E-state index in [4.69, 9.17) is 5.73 Å². The van der Waals surface area contributed by atoms with Gasteiger partial charge in [0.15, 0.2) is 0 Å². The predicted octanol–water partition coefficient (Wildman–Crippen LogP) is 0.172. The first-order chi connectivity index (χ1) is 8.86. The Hall–Kier alpha value is -0.940. The van der Waals surface area contributed by atoms with Crippen LogP contribution in [0.3, 0.4) is 0 Å². The van der Waals surface area contributed by atoms with E-state index in [1.54, 1.807) is 0 Å². The standard InChI is InChI=1S/C13H23N5/c14-8-11-2-3-12-10-18(7-6-17(12)9-11)13-15-4-1-5-16-13/h4,11-12H,1-3,5-10,14H2. The van der Waals surface area contributed by atoms with Crippen LogP contribution in [0.1, 0.15) is 19.3 Å². The second kappa shape index (κ2) is 5.36. The number of guanidine groups is 1. The third kappa shape index (κ3) is 2.42. The van der Waals surface area contributed by atoms with Crippen LogP contribution in [0.15, 0.2) is 9.98 Å². The van der Waals surface area contributed by atoms with Crippen molar-refractivity contribution < 1.29 is 0 Å². The van der Waals surface area contributed by atoms with Crippen LogP contribution in [-0.4, -0.2) is 67.3 Å². The van der Waals surface area contributed by atoms with Crippen LogP contribution >= 0.6 is 0 Å². The average molecular weight is 249 g/mol. The fourth-order valence-electron chi connectivity index (χ4n) is 3.22.